The van der Waals surface area contributed by atoms with E-state index in [0.717, 1.165) is 5.56 Å². The number of aliphatic hydroxyl groups excluding tert-OH is 1. The van der Waals surface area contributed by atoms with Crippen LogP contribution in [0.2, 0.25) is 0 Å². The van der Waals surface area contributed by atoms with Crippen molar-refractivity contribution in [3.8, 4) is 17.0 Å². The van der Waals surface area contributed by atoms with Crippen molar-refractivity contribution in [2.24, 2.45) is 0 Å². The molecule has 2 amide bonds. The number of amides is 2. The van der Waals surface area contributed by atoms with Crippen molar-refractivity contribution in [3.63, 3.8) is 0 Å². The molecule has 0 spiro atoms. The van der Waals surface area contributed by atoms with Crippen molar-refractivity contribution >= 4 is 34.8 Å². The average Bonchev–Trinajstić information content (AvgIpc) is 3.36. The number of carbonyl (C=O) groups excluding carboxylic acids is 2. The summed E-state index contributed by atoms with van der Waals surface area (Å²) in [6.07, 6.45) is 1.57. The third kappa shape index (κ3) is 4.46. The second-order valence-corrected chi connectivity index (χ2v) is 8.66. The van der Waals surface area contributed by atoms with Gasteiger partial charge in [0.15, 0.2) is 0 Å². The number of aromatic amines is 1. The Balaban J connectivity index is 1.71. The van der Waals surface area contributed by atoms with Crippen LogP contribution in [0.15, 0.2) is 48.7 Å². The third-order valence-corrected chi connectivity index (χ3v) is 5.61. The fourth-order valence-corrected chi connectivity index (χ4v) is 4.15. The molecule has 11 heteroatoms. The summed E-state index contributed by atoms with van der Waals surface area (Å²) < 4.78 is 29.9. The van der Waals surface area contributed by atoms with Crippen molar-refractivity contribution in [1.82, 2.24) is 10.2 Å². The Labute approximate surface area is 198 Å². The summed E-state index contributed by atoms with van der Waals surface area (Å²) in [6, 6.07) is 10.3. The molecule has 0 aliphatic carbocycles. The van der Waals surface area contributed by atoms with E-state index in [4.69, 9.17) is 11.6 Å². The molecule has 3 N–H and O–H groups in total. The zero-order chi connectivity index (χ0) is 24.7. The monoisotopic (exact) mass is 490 g/mol. The van der Waals surface area contributed by atoms with Crippen molar-refractivity contribution in [3.05, 3.63) is 59.8 Å². The van der Waals surface area contributed by atoms with E-state index in [1.807, 2.05) is 0 Å². The first-order chi connectivity index (χ1) is 16.0. The summed E-state index contributed by atoms with van der Waals surface area (Å²) in [5.41, 5.74) is -1.64. The van der Waals surface area contributed by atoms with E-state index in [1.165, 1.54) is 29.2 Å². The molecule has 2 aromatic carbocycles. The van der Waals surface area contributed by atoms with E-state index in [-0.39, 0.29) is 30.4 Å². The largest absolute Gasteiger partial charge is 0.487 e. The van der Waals surface area contributed by atoms with Gasteiger partial charge in [-0.25, -0.2) is 0 Å². The number of β-amino-alcohol motifs (C(OH)–C–C–N with tert-alkyl or cyclic N) is 1. The molecule has 1 aliphatic heterocycles. The molecular formula is C23H21ClF2N4O4. The lowest BCUT2D eigenvalue weighted by molar-refractivity contribution is -0.122. The van der Waals surface area contributed by atoms with Gasteiger partial charge < -0.3 is 20.1 Å². The van der Waals surface area contributed by atoms with Gasteiger partial charge in [0.05, 0.1) is 17.7 Å². The summed E-state index contributed by atoms with van der Waals surface area (Å²) in [7, 11) is 0. The molecule has 0 fully saturated rings. The molecule has 178 valence electrons. The molecule has 1 aromatic heterocycles. The first-order valence-corrected chi connectivity index (χ1v) is 10.7. The highest BCUT2D eigenvalue weighted by atomic mass is 35.5. The maximum atomic E-state index is 13.1. The van der Waals surface area contributed by atoms with E-state index in [9.17, 15) is 23.5 Å². The number of nitrogens with zero attached hydrogens (tertiary/aromatic N) is 2. The van der Waals surface area contributed by atoms with Crippen molar-refractivity contribution in [2.75, 3.05) is 23.4 Å². The van der Waals surface area contributed by atoms with Crippen LogP contribution in [0.3, 0.4) is 0 Å². The van der Waals surface area contributed by atoms with E-state index >= 15 is 0 Å². The zero-order valence-electron chi connectivity index (χ0n) is 18.2. The molecule has 0 saturated carbocycles. The number of ether oxygens (including phenoxy) is 1. The number of rotatable bonds is 7. The van der Waals surface area contributed by atoms with Gasteiger partial charge in [-0.1, -0.05) is 0 Å². The van der Waals surface area contributed by atoms with E-state index in [0.29, 0.717) is 22.6 Å². The highest BCUT2D eigenvalue weighted by Crippen LogP contribution is 2.47. The fourth-order valence-electron chi connectivity index (χ4n) is 4.06. The molecule has 2 heterocycles. The number of carbonyl (C=O) groups is 2. The molecule has 0 bridgehead atoms. The van der Waals surface area contributed by atoms with Crippen LogP contribution in [0.25, 0.3) is 11.3 Å². The minimum absolute atomic E-state index is 0.0788. The molecule has 0 saturated heterocycles. The molecule has 0 atom stereocenters. The van der Waals surface area contributed by atoms with Gasteiger partial charge in [0.1, 0.15) is 5.75 Å². The first kappa shape index (κ1) is 23.7. The van der Waals surface area contributed by atoms with Gasteiger partial charge in [-0.05, 0) is 56.3 Å². The van der Waals surface area contributed by atoms with Gasteiger partial charge in [0.25, 0.3) is 5.91 Å². The van der Waals surface area contributed by atoms with Crippen LogP contribution in [0, 0.1) is 0 Å². The summed E-state index contributed by atoms with van der Waals surface area (Å²) in [5.74, 6) is -0.847. The van der Waals surface area contributed by atoms with Gasteiger partial charge in [-0.15, -0.1) is 8.78 Å². The quantitative estimate of drug-likeness (QED) is 0.432. The first-order valence-electron chi connectivity index (χ1n) is 10.3. The third-order valence-electron chi connectivity index (χ3n) is 5.54. The molecule has 4 rings (SSSR count). The van der Waals surface area contributed by atoms with Crippen LogP contribution in [-0.2, 0) is 10.2 Å². The predicted octanol–water partition coefficient (Wildman–Crippen LogP) is 4.11. The fraction of sp³-hybridized carbons (Fsp3) is 0.261. The molecule has 8 nitrogen and oxygen atoms in total. The van der Waals surface area contributed by atoms with Gasteiger partial charge in [0, 0.05) is 52.4 Å². The number of hydrogen-bond acceptors (Lipinski definition) is 5. The van der Waals surface area contributed by atoms with Gasteiger partial charge in [-0.3, -0.25) is 14.7 Å². The SMILES string of the molecule is CC1(C)C(=O)N(CCO)c2cc(C(=O)Nc3ccc(OC(F)(F)Cl)cc3)cc(-c3ccn[nH]3)c21. The van der Waals surface area contributed by atoms with Crippen molar-refractivity contribution in [1.29, 1.82) is 0 Å². The standard InChI is InChI=1S/C23H21ClF2N4O4/c1-22(2)19-16(17-7-8-27-29-17)11-13(12-18(19)30(9-10-31)21(22)33)20(32)28-14-3-5-15(6-4-14)34-23(24,25)26/h3-8,11-12,31H,9-10H2,1-2H3,(H,27,29)(H,28,32). The number of benzene rings is 2. The summed E-state index contributed by atoms with van der Waals surface area (Å²) in [6.45, 7) is 3.42. The minimum Gasteiger partial charge on any atom is -0.420 e. The van der Waals surface area contributed by atoms with Crippen LogP contribution in [-0.4, -0.2) is 45.8 Å². The van der Waals surface area contributed by atoms with Crippen molar-refractivity contribution in [2.45, 2.75) is 24.8 Å². The van der Waals surface area contributed by atoms with Crippen molar-refractivity contribution < 1.29 is 28.2 Å². The van der Waals surface area contributed by atoms with Gasteiger partial charge in [0.2, 0.25) is 5.91 Å². The molecule has 3 aromatic rings. The Morgan fingerprint density at radius 2 is 1.97 bits per heavy atom. The number of fused-ring (bicyclic) bond motifs is 1. The average molecular weight is 491 g/mol. The van der Waals surface area contributed by atoms with E-state index in [2.05, 4.69) is 20.3 Å². The lowest BCUT2D eigenvalue weighted by Gasteiger charge is -2.20. The van der Waals surface area contributed by atoms with Crippen LogP contribution in [0.4, 0.5) is 20.2 Å². The predicted molar refractivity (Wildman–Crippen MR) is 122 cm³/mol. The Morgan fingerprint density at radius 3 is 2.56 bits per heavy atom. The molecule has 0 unspecified atom stereocenters. The lowest BCUT2D eigenvalue weighted by Crippen LogP contribution is -2.37. The Hall–Kier alpha value is -3.50. The van der Waals surface area contributed by atoms with Crippen LogP contribution in [0.5, 0.6) is 5.75 Å². The number of nitrogens with one attached hydrogen (secondary N) is 2. The normalized spacial score (nSPS) is 14.8. The molecular weight excluding hydrogens is 470 g/mol. The summed E-state index contributed by atoms with van der Waals surface area (Å²) in [4.78, 5) is 27.7. The minimum atomic E-state index is -3.84. The van der Waals surface area contributed by atoms with Gasteiger partial charge in [-0.2, -0.15) is 5.10 Å². The summed E-state index contributed by atoms with van der Waals surface area (Å²) >= 11 is 4.76. The molecule has 0 radical (unpaired) electrons. The lowest BCUT2D eigenvalue weighted by atomic mass is 9.81. The number of anilines is 2. The maximum Gasteiger partial charge on any atom is 0.487 e. The number of aromatic nitrogens is 2. The van der Waals surface area contributed by atoms with Crippen LogP contribution in [0.1, 0.15) is 29.8 Å². The smallest absolute Gasteiger partial charge is 0.420 e. The molecule has 1 aliphatic rings. The number of aliphatic hydroxyl groups is 1. The number of H-pyrrole nitrogens is 1. The van der Waals surface area contributed by atoms with Gasteiger partial charge >= 0.3 is 5.57 Å². The highest BCUT2D eigenvalue weighted by molar-refractivity contribution is 6.20. The van der Waals surface area contributed by atoms with E-state index in [1.54, 1.807) is 38.2 Å². The highest BCUT2D eigenvalue weighted by Gasteiger charge is 2.46. The second-order valence-electron chi connectivity index (χ2n) is 8.22. The molecule has 34 heavy (non-hydrogen) atoms. The number of halogens is 3. The Kier molecular flexibility index (Phi) is 6.05. The van der Waals surface area contributed by atoms with Crippen LogP contribution < -0.4 is 15.0 Å². The maximum absolute atomic E-state index is 13.1. The second kappa shape index (κ2) is 8.69. The Bertz CT molecular complexity index is 1230. The van der Waals surface area contributed by atoms with Crippen LogP contribution >= 0.6 is 11.6 Å². The topological polar surface area (TPSA) is 108 Å². The number of alkyl halides is 3. The zero-order valence-corrected chi connectivity index (χ0v) is 19.0. The Morgan fingerprint density at radius 1 is 1.26 bits per heavy atom. The van der Waals surface area contributed by atoms with E-state index < -0.39 is 16.9 Å². The number of hydrogen-bond donors (Lipinski definition) is 3. The summed E-state index contributed by atoms with van der Waals surface area (Å²) in [5, 5.41) is 19.1.